The third kappa shape index (κ3) is 7.60. The second kappa shape index (κ2) is 10.3. The average Bonchev–Trinajstić information content (AvgIpc) is 2.37. The molecule has 1 aromatic carbocycles. The lowest BCUT2D eigenvalue weighted by atomic mass is 10.1. The summed E-state index contributed by atoms with van der Waals surface area (Å²) < 4.78 is 5.65. The third-order valence-corrected chi connectivity index (χ3v) is 3.30. The predicted molar refractivity (Wildman–Crippen MR) is 79.6 cm³/mol. The van der Waals surface area contributed by atoms with Gasteiger partial charge in [-0.25, -0.2) is 0 Å². The van der Waals surface area contributed by atoms with Gasteiger partial charge >= 0.3 is 0 Å². The molecular formula is C16H25ClO. The zero-order valence-electron chi connectivity index (χ0n) is 11.5. The highest BCUT2D eigenvalue weighted by atomic mass is 35.5. The fraction of sp³-hybridized carbons (Fsp3) is 0.625. The van der Waals surface area contributed by atoms with Crippen molar-refractivity contribution in [1.82, 2.24) is 0 Å². The van der Waals surface area contributed by atoms with E-state index in [0.29, 0.717) is 0 Å². The van der Waals surface area contributed by atoms with Gasteiger partial charge in [0, 0.05) is 5.02 Å². The Morgan fingerprint density at radius 3 is 2.28 bits per heavy atom. The van der Waals surface area contributed by atoms with Gasteiger partial charge in [0.2, 0.25) is 0 Å². The molecule has 0 unspecified atom stereocenters. The largest absolute Gasteiger partial charge is 0.494 e. The van der Waals surface area contributed by atoms with Gasteiger partial charge in [-0.3, -0.25) is 0 Å². The van der Waals surface area contributed by atoms with E-state index in [9.17, 15) is 0 Å². The average molecular weight is 269 g/mol. The van der Waals surface area contributed by atoms with Crippen LogP contribution in [-0.2, 0) is 0 Å². The Kier molecular flexibility index (Phi) is 8.75. The fourth-order valence-electron chi connectivity index (χ4n) is 1.98. The van der Waals surface area contributed by atoms with Crippen LogP contribution in [-0.4, -0.2) is 6.61 Å². The summed E-state index contributed by atoms with van der Waals surface area (Å²) in [6.07, 6.45) is 10.6. The molecule has 0 aliphatic carbocycles. The molecule has 0 aliphatic heterocycles. The van der Waals surface area contributed by atoms with Gasteiger partial charge in [0.15, 0.2) is 0 Å². The van der Waals surface area contributed by atoms with E-state index in [-0.39, 0.29) is 0 Å². The second-order valence-electron chi connectivity index (χ2n) is 4.78. The quantitative estimate of drug-likeness (QED) is 0.483. The molecular weight excluding hydrogens is 244 g/mol. The van der Waals surface area contributed by atoms with Crippen LogP contribution in [0.3, 0.4) is 0 Å². The van der Waals surface area contributed by atoms with Crippen molar-refractivity contribution in [2.45, 2.75) is 58.3 Å². The number of hydrogen-bond acceptors (Lipinski definition) is 1. The summed E-state index contributed by atoms with van der Waals surface area (Å²) in [5.41, 5.74) is 0. The first-order valence-electron chi connectivity index (χ1n) is 7.21. The molecule has 0 aromatic heterocycles. The molecule has 0 radical (unpaired) electrons. The van der Waals surface area contributed by atoms with Crippen LogP contribution < -0.4 is 4.74 Å². The molecule has 0 fully saturated rings. The Labute approximate surface area is 116 Å². The minimum Gasteiger partial charge on any atom is -0.494 e. The van der Waals surface area contributed by atoms with Crippen molar-refractivity contribution in [2.75, 3.05) is 6.61 Å². The van der Waals surface area contributed by atoms with E-state index in [1.807, 2.05) is 24.3 Å². The highest BCUT2D eigenvalue weighted by Gasteiger charge is 1.95. The van der Waals surface area contributed by atoms with Crippen LogP contribution in [0.5, 0.6) is 5.75 Å². The maximum atomic E-state index is 5.89. The Morgan fingerprint density at radius 2 is 1.61 bits per heavy atom. The van der Waals surface area contributed by atoms with E-state index in [1.54, 1.807) is 0 Å². The van der Waals surface area contributed by atoms with Crippen LogP contribution >= 0.6 is 11.6 Å². The van der Waals surface area contributed by atoms with Gasteiger partial charge in [0.25, 0.3) is 0 Å². The summed E-state index contributed by atoms with van der Waals surface area (Å²) in [4.78, 5) is 0. The summed E-state index contributed by atoms with van der Waals surface area (Å²) in [7, 11) is 0. The highest BCUT2D eigenvalue weighted by Crippen LogP contribution is 2.17. The van der Waals surface area contributed by atoms with Crippen molar-refractivity contribution in [1.29, 1.82) is 0 Å². The van der Waals surface area contributed by atoms with Crippen molar-refractivity contribution in [3.8, 4) is 5.75 Å². The molecule has 0 heterocycles. The van der Waals surface area contributed by atoms with Gasteiger partial charge < -0.3 is 4.74 Å². The van der Waals surface area contributed by atoms with Crippen LogP contribution in [0.15, 0.2) is 24.3 Å². The van der Waals surface area contributed by atoms with E-state index in [1.165, 1.54) is 44.9 Å². The van der Waals surface area contributed by atoms with Crippen LogP contribution in [0.1, 0.15) is 58.3 Å². The zero-order chi connectivity index (χ0) is 13.1. The number of ether oxygens (including phenoxy) is 1. The number of hydrogen-bond donors (Lipinski definition) is 0. The molecule has 102 valence electrons. The lowest BCUT2D eigenvalue weighted by Gasteiger charge is -2.06. The topological polar surface area (TPSA) is 9.23 Å². The summed E-state index contributed by atoms with van der Waals surface area (Å²) in [6, 6.07) is 7.61. The first-order valence-corrected chi connectivity index (χ1v) is 7.59. The molecule has 1 aromatic rings. The minimum absolute atomic E-state index is 0.739. The van der Waals surface area contributed by atoms with Crippen LogP contribution in [0.2, 0.25) is 5.02 Å². The molecule has 1 rings (SSSR count). The van der Waals surface area contributed by atoms with Gasteiger partial charge in [-0.2, -0.15) is 0 Å². The van der Waals surface area contributed by atoms with Gasteiger partial charge in [0.1, 0.15) is 5.75 Å². The van der Waals surface area contributed by atoms with Gasteiger partial charge in [-0.05, 0) is 24.6 Å². The summed E-state index contributed by atoms with van der Waals surface area (Å²) in [6.45, 7) is 3.06. The molecule has 2 heteroatoms. The van der Waals surface area contributed by atoms with Crippen molar-refractivity contribution >= 4 is 11.6 Å². The Hall–Kier alpha value is -0.690. The summed E-state index contributed by atoms with van der Waals surface area (Å²) in [5.74, 6) is 0.880. The van der Waals surface area contributed by atoms with Gasteiger partial charge in [-0.15, -0.1) is 0 Å². The first-order chi connectivity index (χ1) is 8.83. The molecule has 0 bridgehead atoms. The van der Waals surface area contributed by atoms with Crippen LogP contribution in [0, 0.1) is 0 Å². The van der Waals surface area contributed by atoms with Crippen molar-refractivity contribution in [3.63, 3.8) is 0 Å². The van der Waals surface area contributed by atoms with E-state index >= 15 is 0 Å². The summed E-state index contributed by atoms with van der Waals surface area (Å²) >= 11 is 5.89. The Bertz CT molecular complexity index is 312. The molecule has 0 spiro atoms. The fourth-order valence-corrected chi connectivity index (χ4v) is 2.16. The molecule has 0 N–H and O–H groups in total. The lowest BCUT2D eigenvalue weighted by Crippen LogP contribution is -1.97. The zero-order valence-corrected chi connectivity index (χ0v) is 12.2. The third-order valence-electron chi connectivity index (χ3n) is 3.06. The molecule has 0 aliphatic rings. The van der Waals surface area contributed by atoms with E-state index in [4.69, 9.17) is 16.3 Å². The normalized spacial score (nSPS) is 10.6. The Morgan fingerprint density at radius 1 is 0.944 bits per heavy atom. The molecule has 0 saturated carbocycles. The Balaban J connectivity index is 1.92. The minimum atomic E-state index is 0.739. The number of benzene rings is 1. The second-order valence-corrected chi connectivity index (χ2v) is 5.22. The van der Waals surface area contributed by atoms with E-state index < -0.39 is 0 Å². The molecule has 1 nitrogen and oxygen atoms in total. The number of unbranched alkanes of at least 4 members (excludes halogenated alkanes) is 7. The number of halogens is 1. The van der Waals surface area contributed by atoms with Crippen molar-refractivity contribution < 1.29 is 4.74 Å². The van der Waals surface area contributed by atoms with Crippen molar-refractivity contribution in [3.05, 3.63) is 29.3 Å². The van der Waals surface area contributed by atoms with Crippen LogP contribution in [0.4, 0.5) is 0 Å². The summed E-state index contributed by atoms with van der Waals surface area (Å²) in [5, 5.41) is 0.739. The SMILES string of the molecule is CCCCCCCCCCOc1cccc(Cl)c1. The van der Waals surface area contributed by atoms with E-state index in [0.717, 1.165) is 23.8 Å². The van der Waals surface area contributed by atoms with Crippen LogP contribution in [0.25, 0.3) is 0 Å². The standard InChI is InChI=1S/C16H25ClO/c1-2-3-4-5-6-7-8-9-13-18-16-12-10-11-15(17)14-16/h10-12,14H,2-9,13H2,1H3. The van der Waals surface area contributed by atoms with E-state index in [2.05, 4.69) is 6.92 Å². The monoisotopic (exact) mass is 268 g/mol. The maximum absolute atomic E-state index is 5.89. The van der Waals surface area contributed by atoms with Gasteiger partial charge in [0.05, 0.1) is 6.61 Å². The highest BCUT2D eigenvalue weighted by molar-refractivity contribution is 6.30. The lowest BCUT2D eigenvalue weighted by molar-refractivity contribution is 0.304. The first kappa shape index (κ1) is 15.4. The van der Waals surface area contributed by atoms with Crippen molar-refractivity contribution in [2.24, 2.45) is 0 Å². The predicted octanol–water partition coefficient (Wildman–Crippen LogP) is 5.86. The smallest absolute Gasteiger partial charge is 0.120 e. The molecule has 18 heavy (non-hydrogen) atoms. The number of rotatable bonds is 10. The van der Waals surface area contributed by atoms with Gasteiger partial charge in [-0.1, -0.05) is 69.5 Å². The molecule has 0 saturated heterocycles. The molecule has 0 amide bonds. The maximum Gasteiger partial charge on any atom is 0.120 e. The molecule has 0 atom stereocenters.